The molecular weight excluding hydrogens is 356 g/mol. The minimum Gasteiger partial charge on any atom is -0.493 e. The molecule has 28 heavy (non-hydrogen) atoms. The number of hydrogen-bond acceptors (Lipinski definition) is 4. The maximum Gasteiger partial charge on any atom is 0.322 e. The minimum absolute atomic E-state index is 0.111. The number of para-hydroxylation sites is 4. The van der Waals surface area contributed by atoms with Crippen molar-refractivity contribution < 1.29 is 19.0 Å². The summed E-state index contributed by atoms with van der Waals surface area (Å²) in [6.07, 6.45) is 3.04. The number of urea groups is 1. The third kappa shape index (κ3) is 5.16. The van der Waals surface area contributed by atoms with Gasteiger partial charge in [0.2, 0.25) is 0 Å². The van der Waals surface area contributed by atoms with Crippen LogP contribution in [0.3, 0.4) is 0 Å². The van der Waals surface area contributed by atoms with Crippen molar-refractivity contribution in [2.24, 2.45) is 0 Å². The highest BCUT2D eigenvalue weighted by Gasteiger charge is 2.24. The molecule has 1 N–H and O–H groups in total. The summed E-state index contributed by atoms with van der Waals surface area (Å²) in [5, 5.41) is 2.98. The molecule has 0 saturated carbocycles. The van der Waals surface area contributed by atoms with Crippen molar-refractivity contribution in [3.8, 4) is 17.2 Å². The zero-order valence-corrected chi connectivity index (χ0v) is 16.5. The van der Waals surface area contributed by atoms with Crippen molar-refractivity contribution >= 4 is 11.7 Å². The van der Waals surface area contributed by atoms with Crippen molar-refractivity contribution in [1.29, 1.82) is 0 Å². The maximum absolute atomic E-state index is 12.8. The molecule has 0 unspecified atom stereocenters. The van der Waals surface area contributed by atoms with E-state index in [4.69, 9.17) is 14.2 Å². The number of amides is 2. The third-order valence-electron chi connectivity index (χ3n) is 4.64. The predicted molar refractivity (Wildman–Crippen MR) is 109 cm³/mol. The molecule has 1 atom stereocenters. The Morgan fingerprint density at radius 3 is 2.57 bits per heavy atom. The quantitative estimate of drug-likeness (QED) is 0.737. The fraction of sp³-hybridized carbons (Fsp3) is 0.409. The van der Waals surface area contributed by atoms with E-state index in [-0.39, 0.29) is 12.1 Å². The van der Waals surface area contributed by atoms with Gasteiger partial charge in [-0.25, -0.2) is 4.79 Å². The summed E-state index contributed by atoms with van der Waals surface area (Å²) in [5.41, 5.74) is 0.620. The van der Waals surface area contributed by atoms with Crippen molar-refractivity contribution in [3.05, 3.63) is 48.5 Å². The summed E-state index contributed by atoms with van der Waals surface area (Å²) in [5.74, 6) is 1.80. The SMILES string of the molecule is CCCO[C@@H]1CCCN(C(=O)Nc2ccccc2Oc2ccccc2OC)C1. The van der Waals surface area contributed by atoms with E-state index in [1.807, 2.05) is 53.4 Å². The van der Waals surface area contributed by atoms with E-state index in [2.05, 4.69) is 12.2 Å². The van der Waals surface area contributed by atoms with Gasteiger partial charge in [-0.05, 0) is 43.5 Å². The van der Waals surface area contributed by atoms with Gasteiger partial charge in [-0.1, -0.05) is 31.2 Å². The molecule has 6 nitrogen and oxygen atoms in total. The normalized spacial score (nSPS) is 16.5. The first kappa shape index (κ1) is 20.0. The zero-order valence-electron chi connectivity index (χ0n) is 16.5. The third-order valence-corrected chi connectivity index (χ3v) is 4.64. The van der Waals surface area contributed by atoms with Crippen LogP contribution < -0.4 is 14.8 Å². The number of nitrogens with one attached hydrogen (secondary N) is 1. The van der Waals surface area contributed by atoms with Crippen LogP contribution in [0, 0.1) is 0 Å². The number of ether oxygens (including phenoxy) is 3. The Bertz CT molecular complexity index is 781. The smallest absolute Gasteiger partial charge is 0.322 e. The molecule has 6 heteroatoms. The van der Waals surface area contributed by atoms with Gasteiger partial charge in [0.15, 0.2) is 17.2 Å². The minimum atomic E-state index is -0.138. The van der Waals surface area contributed by atoms with E-state index in [1.54, 1.807) is 7.11 Å². The molecule has 1 saturated heterocycles. The van der Waals surface area contributed by atoms with E-state index in [0.29, 0.717) is 29.5 Å². The van der Waals surface area contributed by atoms with Crippen LogP contribution in [-0.4, -0.2) is 43.8 Å². The van der Waals surface area contributed by atoms with Crippen molar-refractivity contribution in [2.45, 2.75) is 32.3 Å². The number of likely N-dealkylation sites (tertiary alicyclic amines) is 1. The van der Waals surface area contributed by atoms with Crippen LogP contribution in [0.5, 0.6) is 17.2 Å². The lowest BCUT2D eigenvalue weighted by Crippen LogP contribution is -2.45. The standard InChI is InChI=1S/C22H28N2O4/c1-3-15-27-17-9-8-14-24(16-17)22(25)23-18-10-4-5-11-19(18)28-21-13-7-6-12-20(21)26-2/h4-7,10-13,17H,3,8-9,14-16H2,1-2H3,(H,23,25)/t17-/m1/s1. The summed E-state index contributed by atoms with van der Waals surface area (Å²) in [6.45, 7) is 4.16. The van der Waals surface area contributed by atoms with E-state index in [1.165, 1.54) is 0 Å². The van der Waals surface area contributed by atoms with Crippen molar-refractivity contribution in [2.75, 3.05) is 32.1 Å². The Kier molecular flexibility index (Phi) is 7.14. The number of carbonyl (C=O) groups is 1. The number of piperidine rings is 1. The summed E-state index contributed by atoms with van der Waals surface area (Å²) >= 11 is 0. The summed E-state index contributed by atoms with van der Waals surface area (Å²) < 4.78 is 17.2. The number of nitrogens with zero attached hydrogens (tertiary/aromatic N) is 1. The van der Waals surface area contributed by atoms with Gasteiger partial charge in [0, 0.05) is 19.7 Å². The molecule has 3 rings (SSSR count). The first-order valence-corrected chi connectivity index (χ1v) is 9.78. The average molecular weight is 384 g/mol. The lowest BCUT2D eigenvalue weighted by Gasteiger charge is -2.32. The van der Waals surface area contributed by atoms with Gasteiger partial charge < -0.3 is 24.4 Å². The monoisotopic (exact) mass is 384 g/mol. The molecule has 1 aliphatic rings. The van der Waals surface area contributed by atoms with Gasteiger partial charge in [-0.15, -0.1) is 0 Å². The van der Waals surface area contributed by atoms with Crippen LogP contribution in [0.2, 0.25) is 0 Å². The zero-order chi connectivity index (χ0) is 19.8. The molecule has 1 heterocycles. The van der Waals surface area contributed by atoms with E-state index >= 15 is 0 Å². The molecule has 2 aromatic carbocycles. The molecule has 0 aromatic heterocycles. The second-order valence-corrected chi connectivity index (χ2v) is 6.76. The Morgan fingerprint density at radius 1 is 1.11 bits per heavy atom. The molecule has 1 fully saturated rings. The number of methoxy groups -OCH3 is 1. The second-order valence-electron chi connectivity index (χ2n) is 6.76. The number of benzene rings is 2. The molecule has 150 valence electrons. The van der Waals surface area contributed by atoms with E-state index in [0.717, 1.165) is 32.4 Å². The predicted octanol–water partition coefficient (Wildman–Crippen LogP) is 4.91. The van der Waals surface area contributed by atoms with Crippen LogP contribution >= 0.6 is 0 Å². The lowest BCUT2D eigenvalue weighted by atomic mass is 10.1. The molecule has 0 aliphatic carbocycles. The Labute approximate surface area is 166 Å². The van der Waals surface area contributed by atoms with Crippen LogP contribution in [0.1, 0.15) is 26.2 Å². The Morgan fingerprint density at radius 2 is 1.82 bits per heavy atom. The highest BCUT2D eigenvalue weighted by atomic mass is 16.5. The van der Waals surface area contributed by atoms with Crippen LogP contribution in [0.25, 0.3) is 0 Å². The summed E-state index contributed by atoms with van der Waals surface area (Å²) in [7, 11) is 1.60. The average Bonchev–Trinajstić information content (AvgIpc) is 2.74. The fourth-order valence-corrected chi connectivity index (χ4v) is 3.22. The fourth-order valence-electron chi connectivity index (χ4n) is 3.22. The van der Waals surface area contributed by atoms with Gasteiger partial charge >= 0.3 is 6.03 Å². The first-order valence-electron chi connectivity index (χ1n) is 9.78. The molecule has 2 amide bonds. The molecule has 1 aliphatic heterocycles. The number of anilines is 1. The first-order chi connectivity index (χ1) is 13.7. The summed E-state index contributed by atoms with van der Waals surface area (Å²) in [6, 6.07) is 14.7. The van der Waals surface area contributed by atoms with Crippen LogP contribution in [0.4, 0.5) is 10.5 Å². The second kappa shape index (κ2) is 9.99. The van der Waals surface area contributed by atoms with Gasteiger partial charge in [0.1, 0.15) is 0 Å². The molecule has 0 radical (unpaired) electrons. The largest absolute Gasteiger partial charge is 0.493 e. The molecule has 0 bridgehead atoms. The van der Waals surface area contributed by atoms with E-state index < -0.39 is 0 Å². The van der Waals surface area contributed by atoms with Gasteiger partial charge in [-0.3, -0.25) is 0 Å². The number of rotatable bonds is 7. The maximum atomic E-state index is 12.8. The number of carbonyl (C=O) groups excluding carboxylic acids is 1. The molecular formula is C22H28N2O4. The Hall–Kier alpha value is -2.73. The van der Waals surface area contributed by atoms with Crippen LogP contribution in [0.15, 0.2) is 48.5 Å². The van der Waals surface area contributed by atoms with Gasteiger partial charge in [0.05, 0.1) is 18.9 Å². The molecule has 0 spiro atoms. The highest BCUT2D eigenvalue weighted by Crippen LogP contribution is 2.35. The van der Waals surface area contributed by atoms with Crippen molar-refractivity contribution in [1.82, 2.24) is 4.90 Å². The molecule has 2 aromatic rings. The van der Waals surface area contributed by atoms with Crippen LogP contribution in [-0.2, 0) is 4.74 Å². The summed E-state index contributed by atoms with van der Waals surface area (Å²) in [4.78, 5) is 14.6. The highest BCUT2D eigenvalue weighted by molar-refractivity contribution is 5.91. The Balaban J connectivity index is 1.68. The lowest BCUT2D eigenvalue weighted by molar-refractivity contribution is 0.0115. The van der Waals surface area contributed by atoms with Gasteiger partial charge in [0.25, 0.3) is 0 Å². The van der Waals surface area contributed by atoms with Crippen molar-refractivity contribution in [3.63, 3.8) is 0 Å². The topological polar surface area (TPSA) is 60.0 Å². The number of hydrogen-bond donors (Lipinski definition) is 1. The van der Waals surface area contributed by atoms with E-state index in [9.17, 15) is 4.79 Å². The van der Waals surface area contributed by atoms with Gasteiger partial charge in [-0.2, -0.15) is 0 Å².